The highest BCUT2D eigenvalue weighted by Gasteiger charge is 2.03. The molecule has 0 aliphatic heterocycles. The largest absolute Gasteiger partial charge is 0.309 e. The second kappa shape index (κ2) is 8.86. The molecule has 100 valence electrons. The van der Waals surface area contributed by atoms with E-state index in [1.54, 1.807) is 12.1 Å². The van der Waals surface area contributed by atoms with E-state index in [0.717, 1.165) is 12.8 Å². The van der Waals surface area contributed by atoms with Gasteiger partial charge in [0.15, 0.2) is 11.0 Å². The standard InChI is InChI=1S/C13H20ClN3O/c1-2-3-4-5-6-7-8-13(18)15-12-10-9-11(14)16-17-12/h9-10H,2-8H2,1H3,(H,15,17,18). The van der Waals surface area contributed by atoms with Gasteiger partial charge in [-0.2, -0.15) is 0 Å². The molecule has 0 unspecified atom stereocenters. The van der Waals surface area contributed by atoms with Crippen molar-refractivity contribution in [3.63, 3.8) is 0 Å². The van der Waals surface area contributed by atoms with Crippen molar-refractivity contribution in [3.8, 4) is 0 Å². The van der Waals surface area contributed by atoms with E-state index < -0.39 is 0 Å². The van der Waals surface area contributed by atoms with Crippen LogP contribution in [0.4, 0.5) is 5.82 Å². The summed E-state index contributed by atoms with van der Waals surface area (Å²) in [5.74, 6) is 0.442. The van der Waals surface area contributed by atoms with Crippen LogP contribution in [0.5, 0.6) is 0 Å². The summed E-state index contributed by atoms with van der Waals surface area (Å²) in [4.78, 5) is 11.6. The molecule has 4 nitrogen and oxygen atoms in total. The zero-order valence-electron chi connectivity index (χ0n) is 10.8. The predicted molar refractivity (Wildman–Crippen MR) is 73.7 cm³/mol. The summed E-state index contributed by atoms with van der Waals surface area (Å²) in [6.45, 7) is 2.20. The predicted octanol–water partition coefficient (Wildman–Crippen LogP) is 3.82. The molecule has 0 saturated heterocycles. The van der Waals surface area contributed by atoms with Crippen molar-refractivity contribution in [3.05, 3.63) is 17.3 Å². The van der Waals surface area contributed by atoms with Crippen LogP contribution in [-0.2, 0) is 4.79 Å². The van der Waals surface area contributed by atoms with Crippen LogP contribution < -0.4 is 5.32 Å². The van der Waals surface area contributed by atoms with Gasteiger partial charge in [-0.25, -0.2) is 0 Å². The fourth-order valence-corrected chi connectivity index (χ4v) is 1.75. The van der Waals surface area contributed by atoms with Gasteiger partial charge in [0, 0.05) is 6.42 Å². The number of nitrogens with zero attached hydrogens (tertiary/aromatic N) is 2. The molecule has 18 heavy (non-hydrogen) atoms. The lowest BCUT2D eigenvalue weighted by molar-refractivity contribution is -0.116. The van der Waals surface area contributed by atoms with E-state index in [2.05, 4.69) is 22.4 Å². The first-order chi connectivity index (χ1) is 8.72. The van der Waals surface area contributed by atoms with Crippen molar-refractivity contribution in [1.29, 1.82) is 0 Å². The summed E-state index contributed by atoms with van der Waals surface area (Å²) < 4.78 is 0. The first-order valence-electron chi connectivity index (χ1n) is 6.51. The van der Waals surface area contributed by atoms with Gasteiger partial charge < -0.3 is 5.32 Å². The van der Waals surface area contributed by atoms with Crippen LogP contribution in [0.1, 0.15) is 51.9 Å². The fourth-order valence-electron chi connectivity index (χ4n) is 1.65. The van der Waals surface area contributed by atoms with Crippen LogP contribution in [0.3, 0.4) is 0 Å². The SMILES string of the molecule is CCCCCCCCC(=O)Nc1ccc(Cl)nn1. The van der Waals surface area contributed by atoms with Crippen LogP contribution in [-0.4, -0.2) is 16.1 Å². The topological polar surface area (TPSA) is 54.9 Å². The lowest BCUT2D eigenvalue weighted by Crippen LogP contribution is -2.12. The normalized spacial score (nSPS) is 10.3. The maximum Gasteiger partial charge on any atom is 0.225 e. The van der Waals surface area contributed by atoms with Crippen molar-refractivity contribution in [2.75, 3.05) is 5.32 Å². The molecule has 0 saturated carbocycles. The number of hydrogen-bond donors (Lipinski definition) is 1. The number of halogens is 1. The molecule has 1 aromatic rings. The Balaban J connectivity index is 2.12. The zero-order chi connectivity index (χ0) is 13.2. The number of carbonyl (C=O) groups excluding carboxylic acids is 1. The number of nitrogens with one attached hydrogen (secondary N) is 1. The Morgan fingerprint density at radius 1 is 1.17 bits per heavy atom. The van der Waals surface area contributed by atoms with E-state index in [4.69, 9.17) is 11.6 Å². The molecule has 5 heteroatoms. The molecule has 0 aliphatic carbocycles. The first kappa shape index (κ1) is 14.9. The maximum absolute atomic E-state index is 11.6. The van der Waals surface area contributed by atoms with Crippen LogP contribution in [0.25, 0.3) is 0 Å². The van der Waals surface area contributed by atoms with Gasteiger partial charge in [0.1, 0.15) is 0 Å². The minimum Gasteiger partial charge on any atom is -0.309 e. The van der Waals surface area contributed by atoms with Gasteiger partial charge in [0.25, 0.3) is 0 Å². The minimum absolute atomic E-state index is 0.0119. The summed E-state index contributed by atoms with van der Waals surface area (Å²) >= 11 is 5.61. The lowest BCUT2D eigenvalue weighted by Gasteiger charge is -2.03. The summed E-state index contributed by atoms with van der Waals surface area (Å²) in [6, 6.07) is 3.25. The highest BCUT2D eigenvalue weighted by Crippen LogP contribution is 2.09. The molecule has 1 N–H and O–H groups in total. The third-order valence-electron chi connectivity index (χ3n) is 2.66. The Morgan fingerprint density at radius 3 is 2.56 bits per heavy atom. The summed E-state index contributed by atoms with van der Waals surface area (Å²) in [7, 11) is 0. The average molecular weight is 270 g/mol. The van der Waals surface area contributed by atoms with Gasteiger partial charge in [-0.15, -0.1) is 10.2 Å². The molecule has 0 radical (unpaired) electrons. The Morgan fingerprint density at radius 2 is 1.89 bits per heavy atom. The Kier molecular flexibility index (Phi) is 7.34. The third kappa shape index (κ3) is 6.55. The van der Waals surface area contributed by atoms with Gasteiger partial charge >= 0.3 is 0 Å². The molecule has 0 bridgehead atoms. The van der Waals surface area contributed by atoms with Crippen LogP contribution in [0.15, 0.2) is 12.1 Å². The maximum atomic E-state index is 11.6. The van der Waals surface area contributed by atoms with Gasteiger partial charge in [0.05, 0.1) is 0 Å². The molecule has 1 aromatic heterocycles. The number of amides is 1. The van der Waals surface area contributed by atoms with Crippen molar-refractivity contribution >= 4 is 23.3 Å². The van der Waals surface area contributed by atoms with Gasteiger partial charge in [-0.3, -0.25) is 4.79 Å². The van der Waals surface area contributed by atoms with Crippen molar-refractivity contribution < 1.29 is 4.79 Å². The van der Waals surface area contributed by atoms with E-state index in [9.17, 15) is 4.79 Å². The molecule has 0 atom stereocenters. The summed E-state index contributed by atoms with van der Waals surface area (Å²) in [5.41, 5.74) is 0. The quantitative estimate of drug-likeness (QED) is 0.730. The number of carbonyl (C=O) groups is 1. The molecule has 1 heterocycles. The van der Waals surface area contributed by atoms with Crippen LogP contribution in [0, 0.1) is 0 Å². The number of unbranched alkanes of at least 4 members (excludes halogenated alkanes) is 5. The monoisotopic (exact) mass is 269 g/mol. The minimum atomic E-state index is -0.0119. The second-order valence-corrected chi connectivity index (χ2v) is 4.69. The molecule has 0 aliphatic rings. The number of anilines is 1. The van der Waals surface area contributed by atoms with Crippen molar-refractivity contribution in [2.24, 2.45) is 0 Å². The zero-order valence-corrected chi connectivity index (χ0v) is 11.5. The van der Waals surface area contributed by atoms with Crippen LogP contribution >= 0.6 is 11.6 Å². The molecular formula is C13H20ClN3O. The van der Waals surface area contributed by atoms with Gasteiger partial charge in [0.2, 0.25) is 5.91 Å². The number of aromatic nitrogens is 2. The smallest absolute Gasteiger partial charge is 0.225 e. The van der Waals surface area contributed by atoms with Gasteiger partial charge in [-0.1, -0.05) is 50.6 Å². The lowest BCUT2D eigenvalue weighted by atomic mass is 10.1. The van der Waals surface area contributed by atoms with Crippen LogP contribution in [0.2, 0.25) is 5.15 Å². The number of hydrogen-bond acceptors (Lipinski definition) is 3. The molecule has 1 amide bonds. The Bertz CT molecular complexity index is 354. The highest BCUT2D eigenvalue weighted by molar-refractivity contribution is 6.29. The highest BCUT2D eigenvalue weighted by atomic mass is 35.5. The van der Waals surface area contributed by atoms with E-state index >= 15 is 0 Å². The molecular weight excluding hydrogens is 250 g/mol. The molecule has 0 aromatic carbocycles. The van der Waals surface area contributed by atoms with Crippen molar-refractivity contribution in [2.45, 2.75) is 51.9 Å². The molecule has 0 spiro atoms. The molecule has 0 fully saturated rings. The van der Waals surface area contributed by atoms with E-state index in [0.29, 0.717) is 17.4 Å². The number of rotatable bonds is 8. The fraction of sp³-hybridized carbons (Fsp3) is 0.615. The Hall–Kier alpha value is -1.16. The second-order valence-electron chi connectivity index (χ2n) is 4.31. The van der Waals surface area contributed by atoms with E-state index in [-0.39, 0.29) is 5.91 Å². The summed E-state index contributed by atoms with van der Waals surface area (Å²) in [5, 5.41) is 10.5. The Labute approximate surface area is 113 Å². The summed E-state index contributed by atoms with van der Waals surface area (Å²) in [6.07, 6.45) is 7.58. The van der Waals surface area contributed by atoms with E-state index in [1.807, 2.05) is 0 Å². The van der Waals surface area contributed by atoms with Gasteiger partial charge in [-0.05, 0) is 18.6 Å². The third-order valence-corrected chi connectivity index (χ3v) is 2.86. The first-order valence-corrected chi connectivity index (χ1v) is 6.89. The average Bonchev–Trinajstić information content (AvgIpc) is 2.36. The molecule has 1 rings (SSSR count). The van der Waals surface area contributed by atoms with E-state index in [1.165, 1.54) is 25.7 Å². The van der Waals surface area contributed by atoms with Crippen molar-refractivity contribution in [1.82, 2.24) is 10.2 Å².